The third-order valence-corrected chi connectivity index (χ3v) is 26.7. The Bertz CT molecular complexity index is 1080. The van der Waals surface area contributed by atoms with Crippen LogP contribution in [0.25, 0.3) is 9.75 Å². The van der Waals surface area contributed by atoms with E-state index in [0.717, 1.165) is 5.92 Å². The summed E-state index contributed by atoms with van der Waals surface area (Å²) in [6.45, 7) is 9.46. The zero-order valence-electron chi connectivity index (χ0n) is 21.8. The van der Waals surface area contributed by atoms with Gasteiger partial charge in [0.15, 0.2) is 0 Å². The van der Waals surface area contributed by atoms with Gasteiger partial charge >= 0.3 is 221 Å². The van der Waals surface area contributed by atoms with Gasteiger partial charge < -0.3 is 0 Å². The predicted octanol–water partition coefficient (Wildman–Crippen LogP) is 7.73. The molecule has 4 rings (SSSR count). The van der Waals surface area contributed by atoms with Gasteiger partial charge in [-0.15, -0.1) is 0 Å². The first-order valence-electron chi connectivity index (χ1n) is 13.1. The molecule has 1 aliphatic rings. The average molecular weight is 622 g/mol. The van der Waals surface area contributed by atoms with Crippen LogP contribution in [0.3, 0.4) is 0 Å². The number of thiophene rings is 3. The molecule has 2 unspecified atom stereocenters. The van der Waals surface area contributed by atoms with Crippen LogP contribution >= 0.6 is 34.0 Å². The Morgan fingerprint density at radius 2 is 1.58 bits per heavy atom. The van der Waals surface area contributed by atoms with E-state index in [1.54, 1.807) is 27.2 Å². The second-order valence-electron chi connectivity index (χ2n) is 11.1. The zero-order chi connectivity index (χ0) is 23.8. The molecular weight excluding hydrogens is 579 g/mol. The van der Waals surface area contributed by atoms with Crippen molar-refractivity contribution in [2.75, 3.05) is 0 Å². The maximum absolute atomic E-state index is 2.77. The summed E-state index contributed by atoms with van der Waals surface area (Å²) in [7, 11) is -1.97. The Morgan fingerprint density at radius 3 is 2.24 bits per heavy atom. The van der Waals surface area contributed by atoms with Crippen molar-refractivity contribution in [1.29, 1.82) is 0 Å². The van der Waals surface area contributed by atoms with Crippen LogP contribution in [-0.2, 0) is 6.42 Å². The molecule has 0 saturated heterocycles. The Balaban J connectivity index is 1.92. The van der Waals surface area contributed by atoms with E-state index in [9.17, 15) is 0 Å². The minimum atomic E-state index is -2.13. The molecule has 180 valence electrons. The molecule has 2 atom stereocenters. The first-order chi connectivity index (χ1) is 15.7. The molecule has 0 radical (unpaired) electrons. The van der Waals surface area contributed by atoms with Crippen molar-refractivity contribution < 1.29 is 0 Å². The maximum atomic E-state index is 2.77. The van der Waals surface area contributed by atoms with Crippen molar-refractivity contribution in [2.24, 2.45) is 5.92 Å². The quantitative estimate of drug-likeness (QED) is 0.192. The van der Waals surface area contributed by atoms with Crippen molar-refractivity contribution in [2.45, 2.75) is 93.5 Å². The predicted molar refractivity (Wildman–Crippen MR) is 161 cm³/mol. The van der Waals surface area contributed by atoms with Crippen LogP contribution in [0.4, 0.5) is 0 Å². The standard InChI is InChI=1S/C25H33S3Si.3CH3.Sn/c1-5-8-10-19(7-3)17-29(23-13-12-20(28-23)11-9-6-2)21-14-15-26-24(21)25-22(29)16-18(4)27-25;;;;/h12-14,16,19H,5-11,17H2,1-4H3;3*1H3;. The SMILES string of the molecule is CCCCc1ccc([Si]2(CC(CC)CCCC)c3cc(C)sc3-c3s[c]([Sn]([CH3])([CH3])[CH3])cc32)s1. The third-order valence-electron chi connectivity index (χ3n) is 7.45. The van der Waals surface area contributed by atoms with Crippen molar-refractivity contribution in [3.63, 3.8) is 0 Å². The molecule has 0 amide bonds. The molecule has 0 N–H and O–H groups in total. The molecule has 33 heavy (non-hydrogen) atoms. The van der Waals surface area contributed by atoms with Gasteiger partial charge in [-0.05, 0) is 0 Å². The number of hydrogen-bond acceptors (Lipinski definition) is 3. The van der Waals surface area contributed by atoms with Gasteiger partial charge in [-0.1, -0.05) is 0 Å². The second kappa shape index (κ2) is 10.6. The molecule has 4 heterocycles. The molecule has 0 aliphatic carbocycles. The van der Waals surface area contributed by atoms with Crippen molar-refractivity contribution in [1.82, 2.24) is 0 Å². The van der Waals surface area contributed by atoms with Gasteiger partial charge in [0.2, 0.25) is 0 Å². The molecule has 0 spiro atoms. The summed E-state index contributed by atoms with van der Waals surface area (Å²) in [5.41, 5.74) is 0. The number of hydrogen-bond donors (Lipinski definition) is 0. The van der Waals surface area contributed by atoms with Crippen LogP contribution in [0, 0.1) is 12.8 Å². The van der Waals surface area contributed by atoms with Crippen LogP contribution in [0.1, 0.15) is 69.1 Å². The van der Waals surface area contributed by atoms with Crippen molar-refractivity contribution in [3.8, 4) is 9.75 Å². The topological polar surface area (TPSA) is 0 Å². The number of unbranched alkanes of at least 4 members (excludes halogenated alkanes) is 2. The molecule has 3 aromatic heterocycles. The zero-order valence-corrected chi connectivity index (χ0v) is 28.1. The molecule has 0 bridgehead atoms. The van der Waals surface area contributed by atoms with E-state index in [2.05, 4.69) is 101 Å². The Morgan fingerprint density at radius 1 is 0.879 bits per heavy atom. The molecule has 0 nitrogen and oxygen atoms in total. The molecule has 3 aromatic rings. The fourth-order valence-electron chi connectivity index (χ4n) is 5.45. The van der Waals surface area contributed by atoms with E-state index in [1.165, 1.54) is 55.9 Å². The van der Waals surface area contributed by atoms with Gasteiger partial charge in [-0.2, -0.15) is 0 Å². The summed E-state index contributed by atoms with van der Waals surface area (Å²) in [5.74, 6) is 0.846. The van der Waals surface area contributed by atoms with Crippen LogP contribution < -0.4 is 17.8 Å². The first-order valence-corrected chi connectivity index (χ1v) is 27.7. The van der Waals surface area contributed by atoms with Crippen LogP contribution in [-0.4, -0.2) is 26.5 Å². The molecular formula is C28H42S3SiSn. The Hall–Kier alpha value is 0.116. The van der Waals surface area contributed by atoms with Gasteiger partial charge in [-0.25, -0.2) is 0 Å². The van der Waals surface area contributed by atoms with E-state index in [0.29, 0.717) is 0 Å². The number of fused-ring (bicyclic) bond motifs is 3. The molecule has 5 heteroatoms. The van der Waals surface area contributed by atoms with E-state index in [1.807, 2.05) is 5.19 Å². The molecule has 0 aromatic carbocycles. The summed E-state index contributed by atoms with van der Waals surface area (Å²) in [4.78, 5) is 14.3. The molecule has 1 aliphatic heterocycles. The van der Waals surface area contributed by atoms with E-state index < -0.39 is 26.5 Å². The van der Waals surface area contributed by atoms with E-state index in [4.69, 9.17) is 0 Å². The number of rotatable bonds is 11. The van der Waals surface area contributed by atoms with E-state index >= 15 is 0 Å². The van der Waals surface area contributed by atoms with Gasteiger partial charge in [0, 0.05) is 0 Å². The summed E-state index contributed by atoms with van der Waals surface area (Å²) in [6.07, 6.45) is 9.29. The summed E-state index contributed by atoms with van der Waals surface area (Å²) in [5, 5.41) is 3.59. The minimum absolute atomic E-state index is 0.846. The first kappa shape index (κ1) is 26.2. The van der Waals surface area contributed by atoms with Crippen LogP contribution in [0.5, 0.6) is 0 Å². The van der Waals surface area contributed by atoms with Gasteiger partial charge in [-0.3, -0.25) is 0 Å². The monoisotopic (exact) mass is 622 g/mol. The molecule has 0 saturated carbocycles. The fourth-order valence-corrected chi connectivity index (χ4v) is 22.8. The van der Waals surface area contributed by atoms with Crippen molar-refractivity contribution >= 4 is 78.2 Å². The summed E-state index contributed by atoms with van der Waals surface area (Å²) < 4.78 is 3.54. The Labute approximate surface area is 219 Å². The third kappa shape index (κ3) is 5.03. The van der Waals surface area contributed by atoms with Crippen molar-refractivity contribution in [3.05, 3.63) is 34.0 Å². The van der Waals surface area contributed by atoms with Gasteiger partial charge in [0.25, 0.3) is 0 Å². The van der Waals surface area contributed by atoms with Gasteiger partial charge in [0.05, 0.1) is 0 Å². The fraction of sp³-hybridized carbons (Fsp3) is 0.571. The van der Waals surface area contributed by atoms with Crippen LogP contribution in [0.2, 0.25) is 20.9 Å². The summed E-state index contributed by atoms with van der Waals surface area (Å²) >= 11 is 4.34. The normalized spacial score (nSPS) is 18.5. The second-order valence-corrected chi connectivity index (χ2v) is 34.2. The summed E-state index contributed by atoms with van der Waals surface area (Å²) in [6, 6.07) is 11.9. The van der Waals surface area contributed by atoms with Crippen LogP contribution in [0.15, 0.2) is 24.3 Å². The van der Waals surface area contributed by atoms with E-state index in [-0.39, 0.29) is 0 Å². The average Bonchev–Trinajstić information content (AvgIpc) is 3.53. The van der Waals surface area contributed by atoms with Gasteiger partial charge in [0.1, 0.15) is 0 Å². The Kier molecular flexibility index (Phi) is 8.43. The number of aryl methyl sites for hydroxylation is 2. The molecule has 0 fully saturated rings.